The molecule has 130 valence electrons. The fourth-order valence-corrected chi connectivity index (χ4v) is 4.15. The van der Waals surface area contributed by atoms with Gasteiger partial charge in [-0.1, -0.05) is 12.1 Å². The van der Waals surface area contributed by atoms with Crippen molar-refractivity contribution in [2.45, 2.75) is 19.8 Å². The molecule has 4 rings (SSSR count). The van der Waals surface area contributed by atoms with Gasteiger partial charge in [-0.15, -0.1) is 0 Å². The first kappa shape index (κ1) is 15.9. The lowest BCUT2D eigenvalue weighted by atomic mass is 9.86. The molecule has 0 unspecified atom stereocenters. The zero-order valence-corrected chi connectivity index (χ0v) is 14.7. The van der Waals surface area contributed by atoms with Crippen LogP contribution in [0.4, 0.5) is 5.69 Å². The molecule has 1 aromatic heterocycles. The number of rotatable bonds is 2. The van der Waals surface area contributed by atoms with Crippen LogP contribution < -0.4 is 4.90 Å². The Hall–Kier alpha value is -2.56. The van der Waals surface area contributed by atoms with Gasteiger partial charge in [0.1, 0.15) is 5.69 Å². The second kappa shape index (κ2) is 5.76. The topological polar surface area (TPSA) is 45.5 Å². The molecule has 1 atom stereocenters. The van der Waals surface area contributed by atoms with Crippen molar-refractivity contribution in [1.29, 1.82) is 0 Å². The smallest absolute Gasteiger partial charge is 0.270 e. The van der Waals surface area contributed by atoms with E-state index in [1.165, 1.54) is 0 Å². The summed E-state index contributed by atoms with van der Waals surface area (Å²) in [7, 11) is 1.89. The maximum Gasteiger partial charge on any atom is 0.270 e. The lowest BCUT2D eigenvalue weighted by Gasteiger charge is -2.24. The minimum atomic E-state index is -0.109. The van der Waals surface area contributed by atoms with Crippen molar-refractivity contribution in [2.24, 2.45) is 12.5 Å². The number of carbonyl (C=O) groups excluding carboxylic acids is 2. The molecule has 5 nitrogen and oxygen atoms in total. The van der Waals surface area contributed by atoms with Crippen LogP contribution in [0.1, 0.15) is 28.9 Å². The summed E-state index contributed by atoms with van der Waals surface area (Å²) in [5.74, 6) is 0.226. The van der Waals surface area contributed by atoms with Gasteiger partial charge in [0.25, 0.3) is 5.91 Å². The fourth-order valence-electron chi connectivity index (χ4n) is 4.15. The molecule has 0 saturated carbocycles. The lowest BCUT2D eigenvalue weighted by Crippen LogP contribution is -2.34. The van der Waals surface area contributed by atoms with Gasteiger partial charge in [0.15, 0.2) is 0 Å². The van der Waals surface area contributed by atoms with Gasteiger partial charge in [0.05, 0.1) is 0 Å². The van der Waals surface area contributed by atoms with Crippen molar-refractivity contribution >= 4 is 17.5 Å². The predicted octanol–water partition coefficient (Wildman–Crippen LogP) is 2.60. The molecule has 25 heavy (non-hydrogen) atoms. The summed E-state index contributed by atoms with van der Waals surface area (Å²) < 4.78 is 1.85. The molecule has 2 saturated heterocycles. The zero-order chi connectivity index (χ0) is 17.6. The van der Waals surface area contributed by atoms with Gasteiger partial charge in [-0.25, -0.2) is 0 Å². The van der Waals surface area contributed by atoms with E-state index in [9.17, 15) is 9.59 Å². The molecule has 2 fully saturated rings. The molecule has 0 aliphatic carbocycles. The van der Waals surface area contributed by atoms with E-state index in [0.29, 0.717) is 25.2 Å². The van der Waals surface area contributed by atoms with E-state index in [-0.39, 0.29) is 17.2 Å². The predicted molar refractivity (Wildman–Crippen MR) is 96.5 cm³/mol. The molecule has 2 amide bonds. The second-order valence-corrected chi connectivity index (χ2v) is 7.48. The molecule has 5 heteroatoms. The Morgan fingerprint density at radius 3 is 2.72 bits per heavy atom. The summed E-state index contributed by atoms with van der Waals surface area (Å²) in [6.07, 6.45) is 3.30. The molecule has 3 heterocycles. The largest absolute Gasteiger partial charge is 0.347 e. The number of hydrogen-bond acceptors (Lipinski definition) is 2. The Balaban J connectivity index is 1.52. The second-order valence-electron chi connectivity index (χ2n) is 7.48. The van der Waals surface area contributed by atoms with Gasteiger partial charge in [-0.2, -0.15) is 0 Å². The number of anilines is 1. The summed E-state index contributed by atoms with van der Waals surface area (Å²) in [5.41, 5.74) is 2.71. The number of aromatic nitrogens is 1. The van der Waals surface area contributed by atoms with E-state index in [1.807, 2.05) is 64.9 Å². The molecule has 1 aromatic carbocycles. The van der Waals surface area contributed by atoms with E-state index in [0.717, 1.165) is 24.2 Å². The third kappa shape index (κ3) is 2.73. The van der Waals surface area contributed by atoms with Crippen molar-refractivity contribution in [2.75, 3.05) is 24.5 Å². The Bertz CT molecular complexity index is 841. The van der Waals surface area contributed by atoms with Crippen LogP contribution in [0.25, 0.3) is 0 Å². The third-order valence-electron chi connectivity index (χ3n) is 5.52. The van der Waals surface area contributed by atoms with E-state index in [4.69, 9.17) is 0 Å². The SMILES string of the molecule is Cc1cccc(N2C[C@@]3(CCN(C(=O)c4cccn4C)C3)CC2=O)c1. The Morgan fingerprint density at radius 1 is 1.16 bits per heavy atom. The number of amides is 2. The summed E-state index contributed by atoms with van der Waals surface area (Å²) in [6.45, 7) is 4.12. The first-order valence-corrected chi connectivity index (χ1v) is 8.75. The van der Waals surface area contributed by atoms with Crippen LogP contribution in [0, 0.1) is 12.3 Å². The van der Waals surface area contributed by atoms with Crippen molar-refractivity contribution < 1.29 is 9.59 Å². The Kier molecular flexibility index (Phi) is 3.67. The maximum absolute atomic E-state index is 12.8. The van der Waals surface area contributed by atoms with Crippen molar-refractivity contribution in [3.05, 3.63) is 53.9 Å². The van der Waals surface area contributed by atoms with Gasteiger partial charge >= 0.3 is 0 Å². The van der Waals surface area contributed by atoms with Crippen molar-refractivity contribution in [3.8, 4) is 0 Å². The highest BCUT2D eigenvalue weighted by atomic mass is 16.2. The monoisotopic (exact) mass is 337 g/mol. The van der Waals surface area contributed by atoms with Crippen molar-refractivity contribution in [3.63, 3.8) is 0 Å². The zero-order valence-electron chi connectivity index (χ0n) is 14.7. The van der Waals surface area contributed by atoms with E-state index < -0.39 is 0 Å². The van der Waals surface area contributed by atoms with Gasteiger partial charge < -0.3 is 14.4 Å². The molecular weight excluding hydrogens is 314 g/mol. The fraction of sp³-hybridized carbons (Fsp3) is 0.400. The average Bonchev–Trinajstić information content (AvgIpc) is 3.27. The Morgan fingerprint density at radius 2 is 2.00 bits per heavy atom. The minimum absolute atomic E-state index is 0.0610. The molecular formula is C20H23N3O2. The number of likely N-dealkylation sites (tertiary alicyclic amines) is 1. The molecule has 1 spiro atoms. The summed E-state index contributed by atoms with van der Waals surface area (Å²) >= 11 is 0. The Labute approximate surface area is 147 Å². The van der Waals surface area contributed by atoms with Crippen LogP contribution in [0.5, 0.6) is 0 Å². The molecule has 2 aliphatic rings. The molecule has 0 bridgehead atoms. The summed E-state index contributed by atoms with van der Waals surface area (Å²) in [6, 6.07) is 11.8. The summed E-state index contributed by atoms with van der Waals surface area (Å²) in [5, 5.41) is 0. The standard InChI is InChI=1S/C20H23N3O2/c1-15-5-3-6-16(11-15)23-14-20(12-18(23)24)8-10-22(13-20)19(25)17-7-4-9-21(17)2/h3-7,9,11H,8,10,12-14H2,1-2H3/t20-/m0/s1. The summed E-state index contributed by atoms with van der Waals surface area (Å²) in [4.78, 5) is 29.2. The van der Waals surface area contributed by atoms with Gasteiger partial charge in [0, 0.05) is 50.4 Å². The molecule has 0 N–H and O–H groups in total. The van der Waals surface area contributed by atoms with E-state index in [1.54, 1.807) is 0 Å². The van der Waals surface area contributed by atoms with Crippen molar-refractivity contribution in [1.82, 2.24) is 9.47 Å². The van der Waals surface area contributed by atoms with Gasteiger partial charge in [0.2, 0.25) is 5.91 Å². The highest BCUT2D eigenvalue weighted by Gasteiger charge is 2.49. The first-order chi connectivity index (χ1) is 12.0. The lowest BCUT2D eigenvalue weighted by molar-refractivity contribution is -0.117. The van der Waals surface area contributed by atoms with Crippen LogP contribution in [0.2, 0.25) is 0 Å². The van der Waals surface area contributed by atoms with Crippen LogP contribution in [0.3, 0.4) is 0 Å². The maximum atomic E-state index is 12.8. The van der Waals surface area contributed by atoms with E-state index >= 15 is 0 Å². The van der Waals surface area contributed by atoms with Crippen LogP contribution >= 0.6 is 0 Å². The highest BCUT2D eigenvalue weighted by Crippen LogP contribution is 2.42. The number of benzene rings is 1. The molecule has 0 radical (unpaired) electrons. The number of aryl methyl sites for hydroxylation is 2. The molecule has 2 aromatic rings. The van der Waals surface area contributed by atoms with Crippen LogP contribution in [-0.2, 0) is 11.8 Å². The van der Waals surface area contributed by atoms with E-state index in [2.05, 4.69) is 6.07 Å². The third-order valence-corrected chi connectivity index (χ3v) is 5.52. The average molecular weight is 337 g/mol. The van der Waals surface area contributed by atoms with Crippen LogP contribution in [0.15, 0.2) is 42.6 Å². The van der Waals surface area contributed by atoms with Gasteiger partial charge in [-0.05, 0) is 43.2 Å². The number of hydrogen-bond donors (Lipinski definition) is 0. The quantitative estimate of drug-likeness (QED) is 0.846. The number of carbonyl (C=O) groups is 2. The number of nitrogens with zero attached hydrogens (tertiary/aromatic N) is 3. The molecule has 2 aliphatic heterocycles. The van der Waals surface area contributed by atoms with Gasteiger partial charge in [-0.3, -0.25) is 9.59 Å². The first-order valence-electron chi connectivity index (χ1n) is 8.75. The highest BCUT2D eigenvalue weighted by molar-refractivity contribution is 5.97. The minimum Gasteiger partial charge on any atom is -0.347 e. The van der Waals surface area contributed by atoms with Crippen LogP contribution in [-0.4, -0.2) is 40.9 Å². The normalized spacial score (nSPS) is 23.0.